The van der Waals surface area contributed by atoms with Crippen molar-refractivity contribution in [2.75, 3.05) is 19.8 Å². The van der Waals surface area contributed by atoms with E-state index >= 15 is 0 Å². The van der Waals surface area contributed by atoms with E-state index in [0.29, 0.717) is 22.9 Å². The van der Waals surface area contributed by atoms with Crippen LogP contribution < -0.4 is 0 Å². The maximum Gasteiger partial charge on any atom is 0.169 e. The summed E-state index contributed by atoms with van der Waals surface area (Å²) >= 11 is 0. The second-order valence-corrected chi connectivity index (χ2v) is 12.4. The van der Waals surface area contributed by atoms with E-state index in [-0.39, 0.29) is 12.1 Å². The molecule has 6 aliphatic rings. The van der Waals surface area contributed by atoms with E-state index in [1.807, 2.05) is 0 Å². The van der Waals surface area contributed by atoms with Crippen molar-refractivity contribution in [3.8, 4) is 0 Å². The maximum absolute atomic E-state index is 6.44. The van der Waals surface area contributed by atoms with Crippen molar-refractivity contribution in [1.29, 1.82) is 0 Å². The third kappa shape index (κ3) is 3.38. The normalized spacial score (nSPS) is 50.3. The molecule has 0 spiro atoms. The van der Waals surface area contributed by atoms with Crippen LogP contribution in [0, 0.1) is 34.5 Å². The molecular weight excluding hydrogens is 400 g/mol. The number of rotatable bonds is 3. The fourth-order valence-corrected chi connectivity index (χ4v) is 9.37. The standard InChI is InChI=1S/C28H44O4/c1-26-13-11-20(32-25-6-4-5-15-29-25)18-19(26)7-8-21-22-9-10-24(28(3)30-16-17-31-28)27(22,2)14-12-23(21)26/h7,20-25H,4-6,8-18H2,1-3H3/t20-,21-,22+,23-,24-,25-,26-,27-/m0/s1. The van der Waals surface area contributed by atoms with E-state index < -0.39 is 0 Å². The van der Waals surface area contributed by atoms with Gasteiger partial charge in [0.25, 0.3) is 0 Å². The molecule has 2 saturated heterocycles. The minimum atomic E-state index is -0.355. The minimum Gasteiger partial charge on any atom is -0.353 e. The Balaban J connectivity index is 1.19. The minimum absolute atomic E-state index is 0.0437. The Morgan fingerprint density at radius 1 is 0.875 bits per heavy atom. The van der Waals surface area contributed by atoms with E-state index in [2.05, 4.69) is 26.8 Å². The summed E-state index contributed by atoms with van der Waals surface area (Å²) in [7, 11) is 0. The summed E-state index contributed by atoms with van der Waals surface area (Å²) in [5.74, 6) is 2.67. The number of allylic oxidation sites excluding steroid dienone is 1. The second kappa shape index (κ2) is 8.07. The predicted octanol–water partition coefficient (Wildman–Crippen LogP) is 6.24. The van der Waals surface area contributed by atoms with Crippen LogP contribution in [-0.2, 0) is 18.9 Å². The molecule has 5 fully saturated rings. The van der Waals surface area contributed by atoms with Gasteiger partial charge in [0.1, 0.15) is 0 Å². The lowest BCUT2D eigenvalue weighted by atomic mass is 9.47. The molecule has 0 amide bonds. The van der Waals surface area contributed by atoms with Crippen molar-refractivity contribution in [2.45, 2.75) is 110 Å². The molecule has 0 bridgehead atoms. The lowest BCUT2D eigenvalue weighted by Crippen LogP contribution is -2.53. The average molecular weight is 445 g/mol. The van der Waals surface area contributed by atoms with E-state index in [1.54, 1.807) is 5.57 Å². The molecule has 4 heteroatoms. The Morgan fingerprint density at radius 2 is 1.72 bits per heavy atom. The SMILES string of the molecule is CC1([C@H]2CC[C@@H]3[C@@H]4CC=C5C[C@@H](O[C@H]6CCCCO6)CC[C@]5(C)[C@H]4CC[C@@]32C)OCCO1. The zero-order valence-electron chi connectivity index (χ0n) is 20.6. The second-order valence-electron chi connectivity index (χ2n) is 12.4. The molecule has 4 aliphatic carbocycles. The lowest BCUT2D eigenvalue weighted by Gasteiger charge is -2.59. The van der Waals surface area contributed by atoms with Gasteiger partial charge in [0, 0.05) is 12.5 Å². The smallest absolute Gasteiger partial charge is 0.169 e. The zero-order chi connectivity index (χ0) is 22.0. The molecule has 0 aromatic rings. The Kier molecular flexibility index (Phi) is 5.57. The van der Waals surface area contributed by atoms with Crippen molar-refractivity contribution in [2.24, 2.45) is 34.5 Å². The molecule has 0 aromatic heterocycles. The average Bonchev–Trinajstić information content (AvgIpc) is 3.38. The Bertz CT molecular complexity index is 736. The summed E-state index contributed by atoms with van der Waals surface area (Å²) in [6.45, 7) is 9.80. The molecule has 32 heavy (non-hydrogen) atoms. The molecule has 0 aromatic carbocycles. The van der Waals surface area contributed by atoms with Crippen LogP contribution in [0.3, 0.4) is 0 Å². The van der Waals surface area contributed by atoms with Gasteiger partial charge in [0.2, 0.25) is 0 Å². The molecule has 2 heterocycles. The van der Waals surface area contributed by atoms with Crippen LogP contribution in [0.25, 0.3) is 0 Å². The molecule has 2 aliphatic heterocycles. The highest BCUT2D eigenvalue weighted by Crippen LogP contribution is 2.68. The zero-order valence-corrected chi connectivity index (χ0v) is 20.6. The van der Waals surface area contributed by atoms with Crippen LogP contribution in [0.15, 0.2) is 11.6 Å². The molecule has 8 atom stereocenters. The molecule has 4 nitrogen and oxygen atoms in total. The van der Waals surface area contributed by atoms with E-state index in [4.69, 9.17) is 18.9 Å². The Hall–Kier alpha value is -0.420. The number of hydrogen-bond acceptors (Lipinski definition) is 4. The molecular formula is C28H44O4. The van der Waals surface area contributed by atoms with Gasteiger partial charge in [0.05, 0.1) is 19.3 Å². The van der Waals surface area contributed by atoms with Gasteiger partial charge in [-0.3, -0.25) is 0 Å². The first kappa shape index (κ1) is 22.1. The fraction of sp³-hybridized carbons (Fsp3) is 0.929. The number of fused-ring (bicyclic) bond motifs is 5. The van der Waals surface area contributed by atoms with Crippen LogP contribution in [0.1, 0.15) is 91.4 Å². The van der Waals surface area contributed by atoms with E-state index in [0.717, 1.165) is 50.4 Å². The molecule has 0 radical (unpaired) electrons. The van der Waals surface area contributed by atoms with E-state index in [9.17, 15) is 0 Å². The Labute approximate surface area is 194 Å². The van der Waals surface area contributed by atoms with Crippen molar-refractivity contribution >= 4 is 0 Å². The highest BCUT2D eigenvalue weighted by molar-refractivity contribution is 5.25. The molecule has 0 unspecified atom stereocenters. The lowest BCUT2D eigenvalue weighted by molar-refractivity contribution is -0.215. The highest BCUT2D eigenvalue weighted by Gasteiger charge is 2.62. The van der Waals surface area contributed by atoms with Gasteiger partial charge in [-0.15, -0.1) is 0 Å². The maximum atomic E-state index is 6.44. The van der Waals surface area contributed by atoms with Crippen LogP contribution in [0.5, 0.6) is 0 Å². The first-order valence-corrected chi connectivity index (χ1v) is 13.7. The third-order valence-corrected chi connectivity index (χ3v) is 11.0. The highest BCUT2D eigenvalue weighted by atomic mass is 16.7. The van der Waals surface area contributed by atoms with Crippen LogP contribution in [0.4, 0.5) is 0 Å². The topological polar surface area (TPSA) is 36.9 Å². The van der Waals surface area contributed by atoms with Crippen molar-refractivity contribution in [1.82, 2.24) is 0 Å². The van der Waals surface area contributed by atoms with Gasteiger partial charge >= 0.3 is 0 Å². The number of hydrogen-bond donors (Lipinski definition) is 0. The molecule has 0 N–H and O–H groups in total. The Morgan fingerprint density at radius 3 is 2.50 bits per heavy atom. The summed E-state index contributed by atoms with van der Waals surface area (Å²) in [6, 6.07) is 0. The fourth-order valence-electron chi connectivity index (χ4n) is 9.37. The summed E-state index contributed by atoms with van der Waals surface area (Å²) in [4.78, 5) is 0. The van der Waals surface area contributed by atoms with Crippen molar-refractivity contribution in [3.63, 3.8) is 0 Å². The quantitative estimate of drug-likeness (QED) is 0.483. The summed E-state index contributed by atoms with van der Waals surface area (Å²) in [5.41, 5.74) is 2.44. The molecule has 6 rings (SSSR count). The first-order valence-electron chi connectivity index (χ1n) is 13.7. The van der Waals surface area contributed by atoms with Gasteiger partial charge in [0.15, 0.2) is 12.1 Å². The summed E-state index contributed by atoms with van der Waals surface area (Å²) < 4.78 is 24.7. The van der Waals surface area contributed by atoms with Gasteiger partial charge in [-0.25, -0.2) is 0 Å². The van der Waals surface area contributed by atoms with Crippen molar-refractivity contribution < 1.29 is 18.9 Å². The number of ether oxygens (including phenoxy) is 4. The van der Waals surface area contributed by atoms with Crippen molar-refractivity contribution in [3.05, 3.63) is 11.6 Å². The van der Waals surface area contributed by atoms with Gasteiger partial charge in [-0.2, -0.15) is 0 Å². The molecule has 3 saturated carbocycles. The largest absolute Gasteiger partial charge is 0.353 e. The first-order chi connectivity index (χ1) is 15.4. The van der Waals surface area contributed by atoms with Gasteiger partial charge < -0.3 is 18.9 Å². The summed E-state index contributed by atoms with van der Waals surface area (Å²) in [6.07, 6.45) is 16.8. The predicted molar refractivity (Wildman–Crippen MR) is 124 cm³/mol. The molecule has 180 valence electrons. The van der Waals surface area contributed by atoms with E-state index in [1.165, 1.54) is 57.8 Å². The summed E-state index contributed by atoms with van der Waals surface area (Å²) in [5, 5.41) is 0. The third-order valence-electron chi connectivity index (χ3n) is 11.0. The van der Waals surface area contributed by atoms with Crippen LogP contribution in [-0.4, -0.2) is 38.0 Å². The van der Waals surface area contributed by atoms with Gasteiger partial charge in [-0.1, -0.05) is 25.5 Å². The monoisotopic (exact) mass is 444 g/mol. The van der Waals surface area contributed by atoms with Crippen LogP contribution in [0.2, 0.25) is 0 Å². The van der Waals surface area contributed by atoms with Crippen LogP contribution >= 0.6 is 0 Å². The van der Waals surface area contributed by atoms with Gasteiger partial charge in [-0.05, 0) is 106 Å².